The van der Waals surface area contributed by atoms with Crippen LogP contribution in [0.4, 0.5) is 4.79 Å². The number of fused-ring (bicyclic) bond motifs is 1. The van der Waals surface area contributed by atoms with Crippen molar-refractivity contribution in [1.82, 2.24) is 9.55 Å². The Balaban J connectivity index is 2.48. The first-order valence-corrected chi connectivity index (χ1v) is 5.55. The second kappa shape index (κ2) is 3.87. The number of rotatable bonds is 0. The van der Waals surface area contributed by atoms with Crippen LogP contribution in [0.3, 0.4) is 0 Å². The lowest BCUT2D eigenvalue weighted by molar-refractivity contribution is 0.0541. The van der Waals surface area contributed by atoms with Gasteiger partial charge in [0, 0.05) is 17.3 Å². The molecule has 2 aromatic heterocycles. The van der Waals surface area contributed by atoms with Crippen LogP contribution in [0.15, 0.2) is 24.4 Å². The van der Waals surface area contributed by atoms with E-state index in [-0.39, 0.29) is 6.09 Å². The lowest BCUT2D eigenvalue weighted by Gasteiger charge is -2.20. The van der Waals surface area contributed by atoms with Gasteiger partial charge in [-0.3, -0.25) is 0 Å². The molecule has 0 amide bonds. The molecular weight excluding hydrogens is 216 g/mol. The standard InChI is InChI=1S/C13H16N2O2/c1-9-8-10-6-5-7-14-11(10)15(9)12(16)17-13(2,3)4/h5-8H,1-4H3. The first-order valence-electron chi connectivity index (χ1n) is 5.55. The van der Waals surface area contributed by atoms with Crippen molar-refractivity contribution >= 4 is 17.1 Å². The quantitative estimate of drug-likeness (QED) is 0.701. The molecular formula is C13H16N2O2. The van der Waals surface area contributed by atoms with E-state index in [1.54, 1.807) is 6.20 Å². The Morgan fingerprint density at radius 3 is 2.76 bits per heavy atom. The first kappa shape index (κ1) is 11.6. The minimum Gasteiger partial charge on any atom is -0.443 e. The average molecular weight is 232 g/mol. The molecule has 17 heavy (non-hydrogen) atoms. The highest BCUT2D eigenvalue weighted by Gasteiger charge is 2.21. The molecule has 0 aromatic carbocycles. The highest BCUT2D eigenvalue weighted by molar-refractivity contribution is 5.88. The van der Waals surface area contributed by atoms with Gasteiger partial charge in [-0.1, -0.05) is 0 Å². The van der Waals surface area contributed by atoms with E-state index in [4.69, 9.17) is 4.74 Å². The Morgan fingerprint density at radius 2 is 2.12 bits per heavy atom. The van der Waals surface area contributed by atoms with E-state index in [0.29, 0.717) is 5.65 Å². The molecule has 0 saturated heterocycles. The summed E-state index contributed by atoms with van der Waals surface area (Å²) in [6.07, 6.45) is 1.28. The van der Waals surface area contributed by atoms with Gasteiger partial charge in [0.2, 0.25) is 0 Å². The zero-order chi connectivity index (χ0) is 12.6. The number of ether oxygens (including phenoxy) is 1. The summed E-state index contributed by atoms with van der Waals surface area (Å²) in [5, 5.41) is 0.941. The lowest BCUT2D eigenvalue weighted by atomic mass is 10.2. The van der Waals surface area contributed by atoms with Gasteiger partial charge in [-0.15, -0.1) is 0 Å². The van der Waals surface area contributed by atoms with Crippen molar-refractivity contribution in [2.75, 3.05) is 0 Å². The molecule has 0 unspecified atom stereocenters. The van der Waals surface area contributed by atoms with Gasteiger partial charge < -0.3 is 4.74 Å². The van der Waals surface area contributed by atoms with Crippen LogP contribution in [0.5, 0.6) is 0 Å². The van der Waals surface area contributed by atoms with E-state index in [1.165, 1.54) is 4.57 Å². The monoisotopic (exact) mass is 232 g/mol. The number of hydrogen-bond donors (Lipinski definition) is 0. The van der Waals surface area contributed by atoms with Crippen LogP contribution >= 0.6 is 0 Å². The molecule has 0 N–H and O–H groups in total. The maximum Gasteiger partial charge on any atom is 0.420 e. The van der Waals surface area contributed by atoms with Crippen LogP contribution in [0.2, 0.25) is 0 Å². The summed E-state index contributed by atoms with van der Waals surface area (Å²) >= 11 is 0. The Morgan fingerprint density at radius 1 is 1.41 bits per heavy atom. The normalized spacial score (nSPS) is 11.8. The van der Waals surface area contributed by atoms with E-state index in [2.05, 4.69) is 4.98 Å². The maximum absolute atomic E-state index is 12.1. The summed E-state index contributed by atoms with van der Waals surface area (Å²) in [6.45, 7) is 7.41. The number of aryl methyl sites for hydroxylation is 1. The largest absolute Gasteiger partial charge is 0.443 e. The Kier molecular flexibility index (Phi) is 2.65. The predicted molar refractivity (Wildman–Crippen MR) is 66.1 cm³/mol. The molecule has 0 aliphatic heterocycles. The summed E-state index contributed by atoms with van der Waals surface area (Å²) in [5.74, 6) is 0. The second-order valence-electron chi connectivity index (χ2n) is 5.02. The topological polar surface area (TPSA) is 44.1 Å². The van der Waals surface area contributed by atoms with Crippen molar-refractivity contribution in [2.24, 2.45) is 0 Å². The first-order chi connectivity index (χ1) is 7.88. The Bertz CT molecular complexity index is 564. The third-order valence-corrected chi connectivity index (χ3v) is 2.32. The number of carbonyl (C=O) groups excluding carboxylic acids is 1. The van der Waals surface area contributed by atoms with Gasteiger partial charge in [0.15, 0.2) is 0 Å². The van der Waals surface area contributed by atoms with Crippen molar-refractivity contribution < 1.29 is 9.53 Å². The maximum atomic E-state index is 12.1. The summed E-state index contributed by atoms with van der Waals surface area (Å²) in [4.78, 5) is 16.3. The van der Waals surface area contributed by atoms with Crippen molar-refractivity contribution in [3.05, 3.63) is 30.1 Å². The van der Waals surface area contributed by atoms with Gasteiger partial charge in [-0.2, -0.15) is 0 Å². The van der Waals surface area contributed by atoms with E-state index >= 15 is 0 Å². The zero-order valence-corrected chi connectivity index (χ0v) is 10.5. The number of carbonyl (C=O) groups is 1. The molecule has 0 fully saturated rings. The smallest absolute Gasteiger partial charge is 0.420 e. The minimum atomic E-state index is -0.505. The average Bonchev–Trinajstić information content (AvgIpc) is 2.50. The zero-order valence-electron chi connectivity index (χ0n) is 10.5. The van der Waals surface area contributed by atoms with Crippen LogP contribution in [0, 0.1) is 6.92 Å². The summed E-state index contributed by atoms with van der Waals surface area (Å²) in [5.41, 5.74) is 0.960. The molecule has 2 aromatic rings. The van der Waals surface area contributed by atoms with E-state index in [0.717, 1.165) is 11.1 Å². The van der Waals surface area contributed by atoms with Crippen molar-refractivity contribution in [3.8, 4) is 0 Å². The Hall–Kier alpha value is -1.84. The van der Waals surface area contributed by atoms with Crippen LogP contribution in [-0.4, -0.2) is 21.2 Å². The molecule has 2 rings (SSSR count). The minimum absolute atomic E-state index is 0.385. The molecule has 4 heteroatoms. The van der Waals surface area contributed by atoms with Gasteiger partial charge in [0.05, 0.1) is 0 Å². The van der Waals surface area contributed by atoms with Crippen LogP contribution < -0.4 is 0 Å². The number of aromatic nitrogens is 2. The number of pyridine rings is 1. The van der Waals surface area contributed by atoms with Gasteiger partial charge in [0.1, 0.15) is 11.2 Å². The van der Waals surface area contributed by atoms with Crippen molar-refractivity contribution in [3.63, 3.8) is 0 Å². The SMILES string of the molecule is Cc1cc2cccnc2n1C(=O)OC(C)(C)C. The molecule has 0 saturated carbocycles. The van der Waals surface area contributed by atoms with Gasteiger partial charge in [0.25, 0.3) is 0 Å². The highest BCUT2D eigenvalue weighted by atomic mass is 16.6. The molecule has 0 bridgehead atoms. The van der Waals surface area contributed by atoms with Crippen LogP contribution in [0.25, 0.3) is 11.0 Å². The number of nitrogens with zero attached hydrogens (tertiary/aromatic N) is 2. The third kappa shape index (κ3) is 2.30. The Labute approximate surface area is 100 Å². The van der Waals surface area contributed by atoms with E-state index in [1.807, 2.05) is 45.9 Å². The number of hydrogen-bond acceptors (Lipinski definition) is 3. The molecule has 0 atom stereocenters. The lowest BCUT2D eigenvalue weighted by Crippen LogP contribution is -2.27. The molecule has 4 nitrogen and oxygen atoms in total. The molecule has 0 spiro atoms. The van der Waals surface area contributed by atoms with Gasteiger partial charge >= 0.3 is 6.09 Å². The predicted octanol–water partition coefficient (Wildman–Crippen LogP) is 3.13. The van der Waals surface area contributed by atoms with Crippen molar-refractivity contribution in [1.29, 1.82) is 0 Å². The highest BCUT2D eigenvalue weighted by Crippen LogP contribution is 2.19. The summed E-state index contributed by atoms with van der Waals surface area (Å²) in [6, 6.07) is 5.70. The molecule has 90 valence electrons. The fraction of sp³-hybridized carbons (Fsp3) is 0.385. The van der Waals surface area contributed by atoms with Crippen LogP contribution in [-0.2, 0) is 4.74 Å². The fourth-order valence-electron chi connectivity index (χ4n) is 1.70. The van der Waals surface area contributed by atoms with Crippen LogP contribution in [0.1, 0.15) is 26.5 Å². The molecule has 0 aliphatic carbocycles. The van der Waals surface area contributed by atoms with Crippen molar-refractivity contribution in [2.45, 2.75) is 33.3 Å². The van der Waals surface area contributed by atoms with Gasteiger partial charge in [-0.25, -0.2) is 14.3 Å². The summed E-state index contributed by atoms with van der Waals surface area (Å²) < 4.78 is 6.86. The van der Waals surface area contributed by atoms with Gasteiger partial charge in [-0.05, 0) is 45.9 Å². The summed E-state index contributed by atoms with van der Waals surface area (Å²) in [7, 11) is 0. The second-order valence-corrected chi connectivity index (χ2v) is 5.02. The molecule has 2 heterocycles. The van der Waals surface area contributed by atoms with E-state index in [9.17, 15) is 4.79 Å². The third-order valence-electron chi connectivity index (χ3n) is 2.32. The fourth-order valence-corrected chi connectivity index (χ4v) is 1.70. The molecule has 0 aliphatic rings. The van der Waals surface area contributed by atoms with E-state index < -0.39 is 5.60 Å². The molecule has 0 radical (unpaired) electrons.